The van der Waals surface area contributed by atoms with Crippen molar-refractivity contribution in [3.8, 4) is 11.3 Å². The van der Waals surface area contributed by atoms with Crippen LogP contribution in [0.25, 0.3) is 33.3 Å². The van der Waals surface area contributed by atoms with Gasteiger partial charge < -0.3 is 4.42 Å². The van der Waals surface area contributed by atoms with Crippen LogP contribution in [-0.2, 0) is 0 Å². The van der Waals surface area contributed by atoms with Crippen molar-refractivity contribution < 1.29 is 4.42 Å². The normalized spacial score (nSPS) is 11.2. The summed E-state index contributed by atoms with van der Waals surface area (Å²) in [6, 6.07) is 14.2. The van der Waals surface area contributed by atoms with Gasteiger partial charge in [-0.25, -0.2) is 4.98 Å². The third-order valence-electron chi connectivity index (χ3n) is 3.46. The summed E-state index contributed by atoms with van der Waals surface area (Å²) in [5.74, 6) is 0. The summed E-state index contributed by atoms with van der Waals surface area (Å²) in [5, 5.41) is 2.12. The molecule has 0 atom stereocenters. The molecule has 0 aliphatic rings. The van der Waals surface area contributed by atoms with Crippen molar-refractivity contribution in [2.75, 3.05) is 0 Å². The minimum atomic E-state index is 0.678. The van der Waals surface area contributed by atoms with Gasteiger partial charge in [0.05, 0.1) is 5.69 Å². The van der Waals surface area contributed by atoms with Gasteiger partial charge in [-0.3, -0.25) is 4.98 Å². The first-order valence-electron chi connectivity index (χ1n) is 6.51. The molecule has 3 heterocycles. The second kappa shape index (κ2) is 4.17. The average molecular weight is 260 g/mol. The number of hydrogen-bond acceptors (Lipinski definition) is 3. The minimum absolute atomic E-state index is 0.678. The molecule has 96 valence electrons. The maximum Gasteiger partial charge on any atom is 0.227 e. The molecule has 0 saturated heterocycles. The van der Waals surface area contributed by atoms with Crippen LogP contribution in [0.15, 0.2) is 59.3 Å². The molecular formula is C17H12N2O. The van der Waals surface area contributed by atoms with Gasteiger partial charge in [-0.1, -0.05) is 0 Å². The zero-order valence-electron chi connectivity index (χ0n) is 11.0. The predicted octanol–water partition coefficient (Wildman–Crippen LogP) is 4.35. The molecule has 0 saturated carbocycles. The van der Waals surface area contributed by atoms with Crippen molar-refractivity contribution in [1.82, 2.24) is 9.97 Å². The van der Waals surface area contributed by atoms with E-state index in [2.05, 4.69) is 29.0 Å². The van der Waals surface area contributed by atoms with Gasteiger partial charge in [-0.2, -0.15) is 0 Å². The van der Waals surface area contributed by atoms with E-state index in [1.165, 1.54) is 5.56 Å². The summed E-state index contributed by atoms with van der Waals surface area (Å²) in [4.78, 5) is 8.69. The van der Waals surface area contributed by atoms with E-state index in [1.807, 2.05) is 36.5 Å². The quantitative estimate of drug-likeness (QED) is 0.510. The number of rotatable bonds is 1. The Kier molecular flexibility index (Phi) is 2.33. The molecule has 20 heavy (non-hydrogen) atoms. The van der Waals surface area contributed by atoms with E-state index in [9.17, 15) is 0 Å². The van der Waals surface area contributed by atoms with Crippen LogP contribution < -0.4 is 0 Å². The van der Waals surface area contributed by atoms with E-state index >= 15 is 0 Å². The Balaban J connectivity index is 2.00. The van der Waals surface area contributed by atoms with Crippen molar-refractivity contribution >= 4 is 22.1 Å². The van der Waals surface area contributed by atoms with Crippen molar-refractivity contribution in [3.05, 3.63) is 60.4 Å². The van der Waals surface area contributed by atoms with Crippen LogP contribution in [0, 0.1) is 6.92 Å². The third kappa shape index (κ3) is 1.67. The van der Waals surface area contributed by atoms with E-state index in [0.717, 1.165) is 27.6 Å². The van der Waals surface area contributed by atoms with Gasteiger partial charge in [0, 0.05) is 28.7 Å². The Labute approximate surface area is 115 Å². The first kappa shape index (κ1) is 11.2. The number of hydrogen-bond donors (Lipinski definition) is 0. The second-order valence-corrected chi connectivity index (χ2v) is 4.89. The minimum Gasteiger partial charge on any atom is -0.438 e. The first-order chi connectivity index (χ1) is 9.81. The van der Waals surface area contributed by atoms with Crippen molar-refractivity contribution in [3.63, 3.8) is 0 Å². The fourth-order valence-corrected chi connectivity index (χ4v) is 2.46. The smallest absolute Gasteiger partial charge is 0.227 e. The molecule has 0 aliphatic carbocycles. The molecular weight excluding hydrogens is 248 g/mol. The van der Waals surface area contributed by atoms with Crippen molar-refractivity contribution in [2.45, 2.75) is 6.92 Å². The summed E-state index contributed by atoms with van der Waals surface area (Å²) in [5.41, 5.74) is 4.80. The zero-order valence-corrected chi connectivity index (χ0v) is 11.0. The molecule has 0 spiro atoms. The predicted molar refractivity (Wildman–Crippen MR) is 79.5 cm³/mol. The second-order valence-electron chi connectivity index (χ2n) is 4.89. The average Bonchev–Trinajstić information content (AvgIpc) is 2.85. The highest BCUT2D eigenvalue weighted by atomic mass is 16.3. The fourth-order valence-electron chi connectivity index (χ4n) is 2.46. The highest BCUT2D eigenvalue weighted by molar-refractivity contribution is 6.04. The molecule has 4 rings (SSSR count). The van der Waals surface area contributed by atoms with Gasteiger partial charge in [0.25, 0.3) is 0 Å². The third-order valence-corrected chi connectivity index (χ3v) is 3.46. The summed E-state index contributed by atoms with van der Waals surface area (Å²) < 4.78 is 5.74. The number of furan rings is 1. The van der Waals surface area contributed by atoms with Gasteiger partial charge >= 0.3 is 0 Å². The molecule has 3 nitrogen and oxygen atoms in total. The Bertz CT molecular complexity index is 924. The van der Waals surface area contributed by atoms with Crippen LogP contribution >= 0.6 is 0 Å². The Morgan fingerprint density at radius 2 is 1.85 bits per heavy atom. The molecule has 0 amide bonds. The van der Waals surface area contributed by atoms with Crippen molar-refractivity contribution in [1.29, 1.82) is 0 Å². The molecule has 0 radical (unpaired) electrons. The molecule has 0 bridgehead atoms. The monoisotopic (exact) mass is 260 g/mol. The molecule has 3 aromatic heterocycles. The van der Waals surface area contributed by atoms with Crippen LogP contribution in [0.5, 0.6) is 0 Å². The lowest BCUT2D eigenvalue weighted by atomic mass is 10.1. The van der Waals surface area contributed by atoms with Gasteiger partial charge in [-0.05, 0) is 55.0 Å². The zero-order chi connectivity index (χ0) is 13.5. The Morgan fingerprint density at radius 3 is 2.75 bits per heavy atom. The number of aryl methyl sites for hydroxylation is 1. The van der Waals surface area contributed by atoms with Gasteiger partial charge in [0.1, 0.15) is 5.58 Å². The number of benzene rings is 1. The highest BCUT2D eigenvalue weighted by Crippen LogP contribution is 2.30. The topological polar surface area (TPSA) is 38.9 Å². The Hall–Kier alpha value is -2.68. The van der Waals surface area contributed by atoms with Gasteiger partial charge in [0.2, 0.25) is 5.71 Å². The lowest BCUT2D eigenvalue weighted by Crippen LogP contribution is -1.83. The molecule has 0 fully saturated rings. The molecule has 1 aromatic carbocycles. The Morgan fingerprint density at radius 1 is 0.900 bits per heavy atom. The van der Waals surface area contributed by atoms with E-state index in [-0.39, 0.29) is 0 Å². The van der Waals surface area contributed by atoms with Crippen LogP contribution in [0.2, 0.25) is 0 Å². The SMILES string of the molecule is Cc1ccnc(-c2ccc3oc4ncccc4c3c2)c1. The first-order valence-corrected chi connectivity index (χ1v) is 6.51. The van der Waals surface area contributed by atoms with Crippen LogP contribution in [-0.4, -0.2) is 9.97 Å². The number of pyridine rings is 2. The summed E-state index contributed by atoms with van der Waals surface area (Å²) >= 11 is 0. The lowest BCUT2D eigenvalue weighted by Gasteiger charge is -2.01. The van der Waals surface area contributed by atoms with E-state index in [1.54, 1.807) is 6.20 Å². The van der Waals surface area contributed by atoms with Crippen LogP contribution in [0.1, 0.15) is 5.56 Å². The van der Waals surface area contributed by atoms with Crippen LogP contribution in [0.3, 0.4) is 0 Å². The van der Waals surface area contributed by atoms with Gasteiger partial charge in [0.15, 0.2) is 0 Å². The highest BCUT2D eigenvalue weighted by Gasteiger charge is 2.09. The number of aromatic nitrogens is 2. The summed E-state index contributed by atoms with van der Waals surface area (Å²) in [6.07, 6.45) is 3.58. The van der Waals surface area contributed by atoms with E-state index in [4.69, 9.17) is 4.42 Å². The molecule has 4 aromatic rings. The maximum absolute atomic E-state index is 5.74. The molecule has 3 heteroatoms. The molecule has 0 unspecified atom stereocenters. The number of fused-ring (bicyclic) bond motifs is 3. The summed E-state index contributed by atoms with van der Waals surface area (Å²) in [7, 11) is 0. The lowest BCUT2D eigenvalue weighted by molar-refractivity contribution is 0.654. The standard InChI is InChI=1S/C17H12N2O/c1-11-6-8-18-15(9-11)12-4-5-16-14(10-12)13-3-2-7-19-17(13)20-16/h2-10H,1H3. The van der Waals surface area contributed by atoms with Crippen LogP contribution in [0.4, 0.5) is 0 Å². The van der Waals surface area contributed by atoms with E-state index in [0.29, 0.717) is 5.71 Å². The number of nitrogens with zero attached hydrogens (tertiary/aromatic N) is 2. The largest absolute Gasteiger partial charge is 0.438 e. The summed E-state index contributed by atoms with van der Waals surface area (Å²) in [6.45, 7) is 2.07. The molecule has 0 aliphatic heterocycles. The molecule has 0 N–H and O–H groups in total. The fraction of sp³-hybridized carbons (Fsp3) is 0.0588. The van der Waals surface area contributed by atoms with E-state index < -0.39 is 0 Å². The van der Waals surface area contributed by atoms with Gasteiger partial charge in [-0.15, -0.1) is 0 Å². The maximum atomic E-state index is 5.74. The van der Waals surface area contributed by atoms with Crippen molar-refractivity contribution in [2.24, 2.45) is 0 Å².